The minimum atomic E-state index is -3.01. The first-order valence-electron chi connectivity index (χ1n) is 18.6. The second kappa shape index (κ2) is 16.3. The monoisotopic (exact) mass is 790 g/mol. The van der Waals surface area contributed by atoms with Gasteiger partial charge in [0.15, 0.2) is 40.1 Å². The molecule has 0 unspecified atom stereocenters. The summed E-state index contributed by atoms with van der Waals surface area (Å²) in [7, 11) is -0.00289. The Kier molecular flexibility index (Phi) is 11.7. The molecule has 15 heteroatoms. The highest BCUT2D eigenvalue weighted by atomic mass is 32.2. The molecule has 3 aromatic carbocycles. The van der Waals surface area contributed by atoms with Gasteiger partial charge in [0.05, 0.1) is 6.61 Å². The molecule has 7 rings (SSSR count). The Morgan fingerprint density at radius 1 is 0.982 bits per heavy atom. The summed E-state index contributed by atoms with van der Waals surface area (Å²) in [6.07, 6.45) is -2.03. The van der Waals surface area contributed by atoms with Gasteiger partial charge in [-0.3, -0.25) is 0 Å². The molecule has 0 bridgehead atoms. The van der Waals surface area contributed by atoms with E-state index < -0.39 is 50.6 Å². The summed E-state index contributed by atoms with van der Waals surface area (Å²) >= 11 is 1.50. The second-order valence-corrected chi connectivity index (χ2v) is 20.5. The molecule has 1 aliphatic heterocycles. The number of ether oxygens (including phenoxy) is 3. The van der Waals surface area contributed by atoms with Gasteiger partial charge in [0.25, 0.3) is 8.32 Å². The van der Waals surface area contributed by atoms with E-state index in [0.29, 0.717) is 34.1 Å². The number of benzene rings is 3. The van der Waals surface area contributed by atoms with E-state index in [4.69, 9.17) is 28.6 Å². The molecule has 292 valence electrons. The van der Waals surface area contributed by atoms with E-state index in [1.54, 1.807) is 10.7 Å². The van der Waals surface area contributed by atoms with E-state index in [-0.39, 0.29) is 23.6 Å². The van der Waals surface area contributed by atoms with Crippen molar-refractivity contribution in [3.05, 3.63) is 96.1 Å². The highest BCUT2D eigenvalue weighted by Gasteiger charge is 2.54. The number of anilines is 1. The summed E-state index contributed by atoms with van der Waals surface area (Å²) in [6, 6.07) is 23.8. The van der Waals surface area contributed by atoms with Crippen LogP contribution in [-0.2, 0) is 18.6 Å². The highest BCUT2D eigenvalue weighted by Crippen LogP contribution is 2.44. The topological polar surface area (TPSA) is 126 Å². The predicted molar refractivity (Wildman–Crippen MR) is 210 cm³/mol. The molecule has 2 fully saturated rings. The number of nitrogens with one attached hydrogen (secondary N) is 1. The summed E-state index contributed by atoms with van der Waals surface area (Å²) in [4.78, 5) is 9.75. The van der Waals surface area contributed by atoms with Crippen LogP contribution in [0.5, 0.6) is 0 Å². The van der Waals surface area contributed by atoms with Gasteiger partial charge in [0.2, 0.25) is 0 Å². The fourth-order valence-electron chi connectivity index (χ4n) is 7.79. The van der Waals surface area contributed by atoms with Crippen LogP contribution in [0.3, 0.4) is 0 Å². The van der Waals surface area contributed by atoms with Gasteiger partial charge in [0, 0.05) is 31.9 Å². The Morgan fingerprint density at radius 2 is 1.65 bits per heavy atom. The Hall–Kier alpha value is -3.83. The van der Waals surface area contributed by atoms with E-state index in [1.165, 1.54) is 32.0 Å². The van der Waals surface area contributed by atoms with Gasteiger partial charge in [-0.15, -0.1) is 5.10 Å². The summed E-state index contributed by atoms with van der Waals surface area (Å²) in [5.41, 5.74) is 1.53. The standard InChI is InChI=1S/C40H48F2N6O5SSi/c1-7-20-54-39-44-36(43-30-22-27(30)24-18-19-28(41)29(42)21-24)32-37(45-39)48(47-46-32)33-31(53-35(34(33)49)38(50-5)51-6)23-52-55(40(2,3)4,25-14-10-8-11-15-25)26-16-12-9-13-17-26/h8-19,21,27,30-31,33-35,38,49H,7,20,22-23H2,1-6H3,(H,43,44,45)/t27-,30+,31-,33-,34+,35+/m0/s1. The Balaban J connectivity index is 1.27. The van der Waals surface area contributed by atoms with E-state index in [2.05, 4.69) is 67.6 Å². The Bertz CT molecular complexity index is 2030. The molecule has 0 spiro atoms. The predicted octanol–water partition coefficient (Wildman–Crippen LogP) is 5.83. The van der Waals surface area contributed by atoms with Crippen LogP contribution < -0.4 is 15.7 Å². The lowest BCUT2D eigenvalue weighted by Crippen LogP contribution is -2.67. The zero-order chi connectivity index (χ0) is 38.9. The number of aromatic nitrogens is 5. The lowest BCUT2D eigenvalue weighted by Gasteiger charge is -2.43. The normalized spacial score (nSPS) is 22.8. The molecule has 55 heavy (non-hydrogen) atoms. The van der Waals surface area contributed by atoms with Crippen LogP contribution in [0.4, 0.5) is 14.6 Å². The maximum absolute atomic E-state index is 14.1. The van der Waals surface area contributed by atoms with Crippen molar-refractivity contribution in [2.75, 3.05) is 31.9 Å². The number of halogens is 2. The van der Waals surface area contributed by atoms with E-state index in [9.17, 15) is 13.9 Å². The van der Waals surface area contributed by atoms with E-state index >= 15 is 0 Å². The Morgan fingerprint density at radius 3 is 2.25 bits per heavy atom. The summed E-state index contributed by atoms with van der Waals surface area (Å²) in [5, 5.41) is 27.2. The number of rotatable bonds is 15. The van der Waals surface area contributed by atoms with Crippen molar-refractivity contribution < 1.29 is 32.5 Å². The summed E-state index contributed by atoms with van der Waals surface area (Å²) < 4.78 is 54.6. The number of hydrogen-bond acceptors (Lipinski definition) is 11. The molecule has 2 N–H and O–H groups in total. The lowest BCUT2D eigenvalue weighted by atomic mass is 10.0. The number of nitrogens with zero attached hydrogens (tertiary/aromatic N) is 5. The molecule has 6 atom stereocenters. The van der Waals surface area contributed by atoms with Crippen molar-refractivity contribution in [2.45, 2.75) is 93.3 Å². The lowest BCUT2D eigenvalue weighted by molar-refractivity contribution is -0.193. The van der Waals surface area contributed by atoms with Crippen molar-refractivity contribution in [1.29, 1.82) is 0 Å². The molecule has 5 aromatic rings. The van der Waals surface area contributed by atoms with Crippen molar-refractivity contribution in [3.8, 4) is 0 Å². The highest BCUT2D eigenvalue weighted by molar-refractivity contribution is 7.99. The summed E-state index contributed by atoms with van der Waals surface area (Å²) in [5.74, 6) is -0.527. The van der Waals surface area contributed by atoms with E-state index in [1.807, 2.05) is 36.4 Å². The number of aliphatic hydroxyl groups excluding tert-OH is 1. The fourth-order valence-corrected chi connectivity index (χ4v) is 13.0. The molecular formula is C40H48F2N6O5SSi. The number of methoxy groups -OCH3 is 2. The van der Waals surface area contributed by atoms with Gasteiger partial charge in [-0.05, 0) is 45.9 Å². The van der Waals surface area contributed by atoms with Crippen LogP contribution in [0.25, 0.3) is 11.2 Å². The number of aliphatic hydroxyl groups is 1. The smallest absolute Gasteiger partial charge is 0.261 e. The molecule has 0 amide bonds. The first-order chi connectivity index (χ1) is 26.5. The zero-order valence-corrected chi connectivity index (χ0v) is 33.7. The minimum absolute atomic E-state index is 0.0317. The van der Waals surface area contributed by atoms with Crippen molar-refractivity contribution in [1.82, 2.24) is 25.0 Å². The van der Waals surface area contributed by atoms with Gasteiger partial charge in [-0.25, -0.2) is 23.4 Å². The largest absolute Gasteiger partial charge is 0.405 e. The minimum Gasteiger partial charge on any atom is -0.405 e. The van der Waals surface area contributed by atoms with Gasteiger partial charge in [0.1, 0.15) is 24.4 Å². The van der Waals surface area contributed by atoms with E-state index in [0.717, 1.165) is 28.6 Å². The van der Waals surface area contributed by atoms with Gasteiger partial charge in [-0.1, -0.05) is 111 Å². The quantitative estimate of drug-likeness (QED) is 0.0576. The molecule has 3 heterocycles. The SMILES string of the molecule is CCCSc1nc(N[C@@H]2C[C@H]2c2ccc(F)c(F)c2)c2nnn([C@@H]3[C@@H](O)[C@H](C(OC)OC)O[C@H]3CO[Si](c3ccccc3)(c3ccccc3)C(C)(C)C)c2n1. The third-order valence-electron chi connectivity index (χ3n) is 10.5. The van der Waals surface area contributed by atoms with Crippen molar-refractivity contribution in [3.63, 3.8) is 0 Å². The second-order valence-electron chi connectivity index (χ2n) is 15.1. The third-order valence-corrected chi connectivity index (χ3v) is 16.6. The van der Waals surface area contributed by atoms with Crippen molar-refractivity contribution >= 4 is 47.4 Å². The average Bonchev–Trinajstić information content (AvgIpc) is 3.71. The van der Waals surface area contributed by atoms with Crippen LogP contribution in [0.2, 0.25) is 5.04 Å². The molecule has 0 radical (unpaired) electrons. The molecule has 1 saturated carbocycles. The van der Waals surface area contributed by atoms with Crippen molar-refractivity contribution in [2.24, 2.45) is 0 Å². The van der Waals surface area contributed by atoms with Gasteiger partial charge < -0.3 is 29.1 Å². The molecular weight excluding hydrogens is 743 g/mol. The first kappa shape index (κ1) is 39.4. The average molecular weight is 791 g/mol. The molecule has 11 nitrogen and oxygen atoms in total. The van der Waals surface area contributed by atoms with Gasteiger partial charge >= 0.3 is 0 Å². The zero-order valence-electron chi connectivity index (χ0n) is 31.9. The number of fused-ring (bicyclic) bond motifs is 1. The maximum Gasteiger partial charge on any atom is 0.261 e. The molecule has 1 aliphatic carbocycles. The van der Waals surface area contributed by atoms with Crippen LogP contribution in [0.1, 0.15) is 58.1 Å². The summed E-state index contributed by atoms with van der Waals surface area (Å²) in [6.45, 7) is 8.81. The van der Waals surface area contributed by atoms with Crippen LogP contribution in [0.15, 0.2) is 84.0 Å². The van der Waals surface area contributed by atoms with Crippen LogP contribution in [-0.4, -0.2) is 95.6 Å². The van der Waals surface area contributed by atoms with Crippen LogP contribution >= 0.6 is 11.8 Å². The molecule has 1 saturated heterocycles. The first-order valence-corrected chi connectivity index (χ1v) is 21.5. The number of thioether (sulfide) groups is 1. The van der Waals surface area contributed by atoms with Gasteiger partial charge in [-0.2, -0.15) is 0 Å². The number of hydrogen-bond donors (Lipinski definition) is 2. The maximum atomic E-state index is 14.1. The third kappa shape index (κ3) is 7.67. The fraction of sp³-hybridized carbons (Fsp3) is 0.450. The molecule has 2 aliphatic rings. The van der Waals surface area contributed by atoms with Crippen LogP contribution in [0, 0.1) is 11.6 Å². The Labute approximate surface area is 325 Å². The molecule has 2 aromatic heterocycles.